The number of hydrogen-bond acceptors (Lipinski definition) is 4. The van der Waals surface area contributed by atoms with Gasteiger partial charge >= 0.3 is 0 Å². The van der Waals surface area contributed by atoms with E-state index in [1.54, 1.807) is 4.90 Å². The number of anilines is 1. The molecule has 0 radical (unpaired) electrons. The largest absolute Gasteiger partial charge is 0.352 e. The molecule has 2 amide bonds. The van der Waals surface area contributed by atoms with Crippen LogP contribution in [0.3, 0.4) is 0 Å². The zero-order valence-corrected chi connectivity index (χ0v) is 27.0. The number of nitrogens with one attached hydrogen (secondary N) is 1. The summed E-state index contributed by atoms with van der Waals surface area (Å²) in [6.07, 6.45) is 6.54. The highest BCUT2D eigenvalue weighted by atomic mass is 79.9. The molecule has 42 heavy (non-hydrogen) atoms. The molecule has 1 fully saturated rings. The van der Waals surface area contributed by atoms with Crippen LogP contribution < -0.4 is 9.62 Å². The first-order chi connectivity index (χ1) is 20.0. The van der Waals surface area contributed by atoms with E-state index in [2.05, 4.69) is 21.2 Å². The highest BCUT2D eigenvalue weighted by Crippen LogP contribution is 2.28. The number of rotatable bonds is 11. The number of amides is 2. The molecule has 0 aliphatic heterocycles. The summed E-state index contributed by atoms with van der Waals surface area (Å²) >= 11 is 3.52. The van der Waals surface area contributed by atoms with Gasteiger partial charge in [0.15, 0.2) is 0 Å². The highest BCUT2D eigenvalue weighted by molar-refractivity contribution is 9.10. The van der Waals surface area contributed by atoms with Crippen LogP contribution in [0.2, 0.25) is 0 Å². The lowest BCUT2D eigenvalue weighted by Crippen LogP contribution is -2.55. The van der Waals surface area contributed by atoms with Crippen LogP contribution in [0.1, 0.15) is 54.4 Å². The molecule has 1 atom stereocenters. The van der Waals surface area contributed by atoms with E-state index in [1.165, 1.54) is 4.31 Å². The minimum absolute atomic E-state index is 0.0643. The summed E-state index contributed by atoms with van der Waals surface area (Å²) in [7, 11) is -3.82. The van der Waals surface area contributed by atoms with E-state index in [9.17, 15) is 18.0 Å². The van der Waals surface area contributed by atoms with E-state index in [0.29, 0.717) is 12.1 Å². The Morgan fingerprint density at radius 2 is 1.52 bits per heavy atom. The first-order valence-electron chi connectivity index (χ1n) is 14.4. The molecule has 0 spiro atoms. The number of para-hydroxylation sites is 1. The van der Waals surface area contributed by atoms with Crippen LogP contribution in [0.4, 0.5) is 5.69 Å². The Morgan fingerprint density at radius 1 is 0.905 bits per heavy atom. The number of halogens is 1. The topological polar surface area (TPSA) is 86.8 Å². The third kappa shape index (κ3) is 8.44. The maximum atomic E-state index is 14.3. The fourth-order valence-electron chi connectivity index (χ4n) is 5.71. The first-order valence-corrected chi connectivity index (χ1v) is 17.1. The van der Waals surface area contributed by atoms with Crippen LogP contribution in [0.15, 0.2) is 77.3 Å². The summed E-state index contributed by atoms with van der Waals surface area (Å²) in [5, 5.41) is 3.23. The average Bonchev–Trinajstić information content (AvgIpc) is 2.94. The van der Waals surface area contributed by atoms with Gasteiger partial charge in [-0.25, -0.2) is 8.42 Å². The number of benzene rings is 3. The van der Waals surface area contributed by atoms with Crippen LogP contribution in [0, 0.1) is 13.8 Å². The van der Waals surface area contributed by atoms with Crippen LogP contribution >= 0.6 is 15.9 Å². The van der Waals surface area contributed by atoms with Gasteiger partial charge in [0.25, 0.3) is 0 Å². The number of carbonyl (C=O) groups excluding carboxylic acids is 2. The molecule has 1 N–H and O–H groups in total. The molecule has 0 bridgehead atoms. The predicted octanol–water partition coefficient (Wildman–Crippen LogP) is 5.92. The van der Waals surface area contributed by atoms with Gasteiger partial charge in [-0.15, -0.1) is 0 Å². The van der Waals surface area contributed by atoms with Gasteiger partial charge in [-0.05, 0) is 61.1 Å². The maximum Gasteiger partial charge on any atom is 0.244 e. The SMILES string of the molecule is Cc1cccc(C)c1N(CC(=O)N(Cc1cccc(Br)c1)[C@@H](Cc1ccccc1)C(=O)NC1CCCCC1)S(C)(=O)=O. The van der Waals surface area contributed by atoms with Gasteiger partial charge in [0.05, 0.1) is 11.9 Å². The predicted molar refractivity (Wildman–Crippen MR) is 172 cm³/mol. The Bertz CT molecular complexity index is 1470. The van der Waals surface area contributed by atoms with Crippen molar-refractivity contribution in [1.29, 1.82) is 0 Å². The van der Waals surface area contributed by atoms with Crippen molar-refractivity contribution in [3.8, 4) is 0 Å². The zero-order valence-electron chi connectivity index (χ0n) is 24.6. The third-order valence-electron chi connectivity index (χ3n) is 7.83. The monoisotopic (exact) mass is 653 g/mol. The van der Waals surface area contributed by atoms with Crippen molar-refractivity contribution < 1.29 is 18.0 Å². The van der Waals surface area contributed by atoms with Crippen LogP contribution in [-0.4, -0.2) is 50.0 Å². The smallest absolute Gasteiger partial charge is 0.244 e. The Balaban J connectivity index is 1.75. The number of hydrogen-bond donors (Lipinski definition) is 1. The summed E-state index contributed by atoms with van der Waals surface area (Å²) < 4.78 is 28.3. The minimum Gasteiger partial charge on any atom is -0.352 e. The summed E-state index contributed by atoms with van der Waals surface area (Å²) in [5.74, 6) is -0.658. The zero-order chi connectivity index (χ0) is 30.3. The van der Waals surface area contributed by atoms with Gasteiger partial charge in [-0.3, -0.25) is 13.9 Å². The molecule has 0 saturated heterocycles. The minimum atomic E-state index is -3.82. The van der Waals surface area contributed by atoms with Crippen molar-refractivity contribution in [3.05, 3.63) is 99.5 Å². The fourth-order valence-corrected chi connectivity index (χ4v) is 7.12. The summed E-state index contributed by atoms with van der Waals surface area (Å²) in [6, 6.07) is 22.0. The third-order valence-corrected chi connectivity index (χ3v) is 9.44. The van der Waals surface area contributed by atoms with E-state index in [-0.39, 0.29) is 18.5 Å². The Morgan fingerprint density at radius 3 is 2.14 bits per heavy atom. The van der Waals surface area contributed by atoms with Crippen molar-refractivity contribution in [2.75, 3.05) is 17.1 Å². The van der Waals surface area contributed by atoms with Crippen molar-refractivity contribution in [2.24, 2.45) is 0 Å². The average molecular weight is 655 g/mol. The summed E-state index contributed by atoms with van der Waals surface area (Å²) in [6.45, 7) is 3.40. The van der Waals surface area contributed by atoms with Crippen LogP contribution in [0.25, 0.3) is 0 Å². The molecule has 1 aliphatic rings. The molecule has 3 aromatic carbocycles. The first kappa shape index (κ1) is 31.8. The second-order valence-electron chi connectivity index (χ2n) is 11.2. The van der Waals surface area contributed by atoms with E-state index in [1.807, 2.05) is 86.6 Å². The van der Waals surface area contributed by atoms with E-state index in [0.717, 1.165) is 65.1 Å². The molecule has 0 aromatic heterocycles. The van der Waals surface area contributed by atoms with Crippen LogP contribution in [-0.2, 0) is 32.6 Å². The second kappa shape index (κ2) is 14.3. The van der Waals surface area contributed by atoms with Gasteiger partial charge < -0.3 is 10.2 Å². The van der Waals surface area contributed by atoms with Gasteiger partial charge in [0, 0.05) is 23.5 Å². The lowest BCUT2D eigenvalue weighted by atomic mass is 9.94. The molecule has 1 aliphatic carbocycles. The molecule has 3 aromatic rings. The molecule has 0 unspecified atom stereocenters. The van der Waals surface area contributed by atoms with Crippen molar-refractivity contribution in [1.82, 2.24) is 10.2 Å². The molecule has 4 rings (SSSR count). The standard InChI is InChI=1S/C33H40BrN3O4S/c1-24-12-10-13-25(2)32(24)37(42(3,40)41)23-31(38)36(22-27-16-11-17-28(34)20-27)30(21-26-14-6-4-7-15-26)33(39)35-29-18-8-5-9-19-29/h4,6-7,10-17,20,29-30H,5,8-9,18-19,21-23H2,1-3H3,(H,35,39)/t30-/m0/s1. The maximum absolute atomic E-state index is 14.3. The molecule has 1 saturated carbocycles. The Hall–Kier alpha value is -3.17. The molecule has 7 nitrogen and oxygen atoms in total. The molecule has 224 valence electrons. The van der Waals surface area contributed by atoms with Gasteiger partial charge in [0.1, 0.15) is 12.6 Å². The molecule has 9 heteroatoms. The van der Waals surface area contributed by atoms with Crippen molar-refractivity contribution in [2.45, 2.75) is 71.0 Å². The van der Waals surface area contributed by atoms with Crippen molar-refractivity contribution in [3.63, 3.8) is 0 Å². The van der Waals surface area contributed by atoms with Gasteiger partial charge in [0.2, 0.25) is 21.8 Å². The van der Waals surface area contributed by atoms with E-state index >= 15 is 0 Å². The van der Waals surface area contributed by atoms with E-state index in [4.69, 9.17) is 0 Å². The molecule has 0 heterocycles. The van der Waals surface area contributed by atoms with Gasteiger partial charge in [-0.2, -0.15) is 0 Å². The number of sulfonamides is 1. The van der Waals surface area contributed by atoms with Crippen LogP contribution in [0.5, 0.6) is 0 Å². The second-order valence-corrected chi connectivity index (χ2v) is 14.0. The Labute approximate surface area is 258 Å². The van der Waals surface area contributed by atoms with Crippen molar-refractivity contribution >= 4 is 43.5 Å². The highest BCUT2D eigenvalue weighted by Gasteiger charge is 2.34. The summed E-state index contributed by atoms with van der Waals surface area (Å²) in [4.78, 5) is 29.9. The Kier molecular flexibility index (Phi) is 10.8. The number of aryl methyl sites for hydroxylation is 2. The normalized spacial score (nSPS) is 14.7. The quantitative estimate of drug-likeness (QED) is 0.278. The van der Waals surface area contributed by atoms with Gasteiger partial charge in [-0.1, -0.05) is 95.9 Å². The summed E-state index contributed by atoms with van der Waals surface area (Å²) in [5.41, 5.74) is 3.74. The fraction of sp³-hybridized carbons (Fsp3) is 0.394. The molecular weight excluding hydrogens is 614 g/mol. The van der Waals surface area contributed by atoms with E-state index < -0.39 is 28.5 Å². The lowest BCUT2D eigenvalue weighted by Gasteiger charge is -2.35. The number of nitrogens with zero attached hydrogens (tertiary/aromatic N) is 2. The number of carbonyl (C=O) groups is 2. The molecular formula is C33H40BrN3O4S. The lowest BCUT2D eigenvalue weighted by molar-refractivity contribution is -0.140.